The zero-order valence-corrected chi connectivity index (χ0v) is 27.9. The minimum Gasteiger partial charge on any atom is -0.391 e. The van der Waals surface area contributed by atoms with Crippen LogP contribution >= 0.6 is 0 Å². The molecule has 9 nitrogen and oxygen atoms in total. The fourth-order valence-electron chi connectivity index (χ4n) is 11.5. The third-order valence-electron chi connectivity index (χ3n) is 14.4. The molecule has 2 aromatic rings. The summed E-state index contributed by atoms with van der Waals surface area (Å²) in [5, 5.41) is 22.9. The lowest BCUT2D eigenvalue weighted by Gasteiger charge is -2.63. The predicted molar refractivity (Wildman–Crippen MR) is 178 cm³/mol. The number of likely N-dealkylation sites (tertiary alicyclic amines) is 1. The fourth-order valence-corrected chi connectivity index (χ4v) is 11.5. The molecule has 2 saturated heterocycles. The van der Waals surface area contributed by atoms with Crippen LogP contribution in [-0.2, 0) is 4.79 Å². The Labute approximate surface area is 278 Å². The van der Waals surface area contributed by atoms with E-state index >= 15 is 0 Å². The number of nitrogens with zero attached hydrogens (tertiary/aromatic N) is 5. The van der Waals surface area contributed by atoms with Crippen molar-refractivity contribution in [3.05, 3.63) is 36.2 Å². The topological polar surface area (TPSA) is 110 Å². The highest BCUT2D eigenvalue weighted by Gasteiger charge is 2.65. The van der Waals surface area contributed by atoms with E-state index in [1.54, 1.807) is 4.90 Å². The van der Waals surface area contributed by atoms with Crippen molar-refractivity contribution in [2.75, 3.05) is 32.7 Å². The number of hydrogen-bond donors (Lipinski definition) is 2. The van der Waals surface area contributed by atoms with Crippen LogP contribution in [0.15, 0.2) is 30.5 Å². The number of carbonyl (C=O) groups excluding carboxylic acids is 2. The van der Waals surface area contributed by atoms with Crippen LogP contribution in [-0.4, -0.2) is 103 Å². The van der Waals surface area contributed by atoms with E-state index in [-0.39, 0.29) is 40.5 Å². The Morgan fingerprint density at radius 1 is 0.957 bits per heavy atom. The Morgan fingerprint density at radius 2 is 1.70 bits per heavy atom. The van der Waals surface area contributed by atoms with Gasteiger partial charge in [-0.15, -0.1) is 6.42 Å². The van der Waals surface area contributed by atoms with Crippen LogP contribution in [0, 0.1) is 46.8 Å². The van der Waals surface area contributed by atoms with Gasteiger partial charge < -0.3 is 20.0 Å². The Hall–Kier alpha value is -3.06. The number of piperazine rings is 1. The molecule has 1 aromatic heterocycles. The average molecular weight is 640 g/mol. The first-order valence-corrected chi connectivity index (χ1v) is 18.0. The highest BCUT2D eigenvalue weighted by molar-refractivity contribution is 5.98. The third kappa shape index (κ3) is 4.69. The lowest BCUT2D eigenvalue weighted by molar-refractivity contribution is -0.163. The highest BCUT2D eigenvalue weighted by Crippen LogP contribution is 2.68. The predicted octanol–water partition coefficient (Wildman–Crippen LogP) is 3.73. The second-order valence-electron chi connectivity index (χ2n) is 16.1. The van der Waals surface area contributed by atoms with E-state index < -0.39 is 11.6 Å². The second-order valence-corrected chi connectivity index (χ2v) is 16.1. The van der Waals surface area contributed by atoms with Gasteiger partial charge in [0.25, 0.3) is 5.91 Å². The van der Waals surface area contributed by atoms with Gasteiger partial charge in [-0.1, -0.05) is 31.9 Å². The van der Waals surface area contributed by atoms with Crippen molar-refractivity contribution in [3.63, 3.8) is 0 Å². The maximum absolute atomic E-state index is 13.7. The van der Waals surface area contributed by atoms with E-state index in [0.717, 1.165) is 57.1 Å². The van der Waals surface area contributed by atoms with Gasteiger partial charge in [-0.05, 0) is 99.0 Å². The van der Waals surface area contributed by atoms with Gasteiger partial charge in [-0.2, -0.15) is 0 Å². The van der Waals surface area contributed by atoms with Crippen molar-refractivity contribution in [2.24, 2.45) is 34.5 Å². The quantitative estimate of drug-likeness (QED) is 0.493. The molecule has 10 atom stereocenters. The van der Waals surface area contributed by atoms with Gasteiger partial charge in [0.2, 0.25) is 5.91 Å². The number of benzene rings is 1. The molecule has 6 fully saturated rings. The highest BCUT2D eigenvalue weighted by atomic mass is 16.3. The van der Waals surface area contributed by atoms with E-state index in [1.807, 2.05) is 29.2 Å². The molecule has 6 aliphatic rings. The number of aliphatic hydroxyl groups is 2. The monoisotopic (exact) mass is 639 g/mol. The average Bonchev–Trinajstić information content (AvgIpc) is 3.34. The summed E-state index contributed by atoms with van der Waals surface area (Å²) in [6.45, 7) is 7.97. The number of amides is 2. The number of carbonyl (C=O) groups is 2. The smallest absolute Gasteiger partial charge is 0.274 e. The molecule has 0 radical (unpaired) electrons. The van der Waals surface area contributed by atoms with Gasteiger partial charge in [-0.3, -0.25) is 19.5 Å². The molecule has 47 heavy (non-hydrogen) atoms. The van der Waals surface area contributed by atoms with Crippen molar-refractivity contribution >= 4 is 22.8 Å². The first-order valence-electron chi connectivity index (χ1n) is 18.0. The van der Waals surface area contributed by atoms with E-state index in [2.05, 4.69) is 34.6 Å². The van der Waals surface area contributed by atoms with E-state index in [4.69, 9.17) is 6.42 Å². The first kappa shape index (κ1) is 31.2. The molecule has 8 rings (SSSR count). The minimum absolute atomic E-state index is 0.0121. The maximum atomic E-state index is 13.7. The Bertz CT molecular complexity index is 1620. The van der Waals surface area contributed by atoms with Gasteiger partial charge in [0.15, 0.2) is 0 Å². The summed E-state index contributed by atoms with van der Waals surface area (Å²) in [4.78, 5) is 41.9. The van der Waals surface area contributed by atoms with Crippen LogP contribution in [0.4, 0.5) is 0 Å². The number of aromatic nitrogens is 2. The summed E-state index contributed by atoms with van der Waals surface area (Å²) in [7, 11) is 0. The fraction of sp³-hybridized carbons (Fsp3) is 0.684. The molecule has 0 spiro atoms. The zero-order chi connectivity index (χ0) is 32.7. The normalized spacial score (nSPS) is 41.7. The van der Waals surface area contributed by atoms with Crippen molar-refractivity contribution in [2.45, 2.75) is 95.4 Å². The maximum Gasteiger partial charge on any atom is 0.274 e. The molecule has 0 bridgehead atoms. The Kier molecular flexibility index (Phi) is 7.47. The summed E-state index contributed by atoms with van der Waals surface area (Å²) in [6.07, 6.45) is 15.7. The van der Waals surface area contributed by atoms with Crippen LogP contribution < -0.4 is 0 Å². The van der Waals surface area contributed by atoms with Crippen molar-refractivity contribution in [3.8, 4) is 12.3 Å². The van der Waals surface area contributed by atoms with Crippen LogP contribution in [0.1, 0.15) is 82.1 Å². The van der Waals surface area contributed by atoms with Gasteiger partial charge in [0.1, 0.15) is 17.3 Å². The number of fused-ring (bicyclic) bond motifs is 6. The number of para-hydroxylation sites is 2. The van der Waals surface area contributed by atoms with Crippen LogP contribution in [0.25, 0.3) is 11.0 Å². The molecule has 4 aliphatic carbocycles. The van der Waals surface area contributed by atoms with Crippen LogP contribution in [0.3, 0.4) is 0 Å². The Balaban J connectivity index is 0.914. The van der Waals surface area contributed by atoms with Crippen molar-refractivity contribution in [1.82, 2.24) is 24.7 Å². The molecule has 2 aliphatic heterocycles. The third-order valence-corrected chi connectivity index (χ3v) is 14.4. The summed E-state index contributed by atoms with van der Waals surface area (Å²) < 4.78 is 0. The molecule has 2 N–H and O–H groups in total. The van der Waals surface area contributed by atoms with Gasteiger partial charge in [0.05, 0.1) is 23.3 Å². The second kappa shape index (κ2) is 11.2. The van der Waals surface area contributed by atoms with E-state index in [0.29, 0.717) is 61.7 Å². The van der Waals surface area contributed by atoms with Crippen molar-refractivity contribution in [1.29, 1.82) is 0 Å². The molecule has 3 heterocycles. The summed E-state index contributed by atoms with van der Waals surface area (Å²) in [6, 6.07) is 7.10. The number of aliphatic hydroxyl groups excluding tert-OH is 1. The van der Waals surface area contributed by atoms with Crippen LogP contribution in [0.5, 0.6) is 0 Å². The van der Waals surface area contributed by atoms with Gasteiger partial charge in [-0.25, -0.2) is 4.98 Å². The van der Waals surface area contributed by atoms with E-state index in [9.17, 15) is 19.8 Å². The minimum atomic E-state index is -0.989. The van der Waals surface area contributed by atoms with E-state index in [1.165, 1.54) is 12.6 Å². The molecule has 4 saturated carbocycles. The number of rotatable bonds is 3. The summed E-state index contributed by atoms with van der Waals surface area (Å²) >= 11 is 0. The summed E-state index contributed by atoms with van der Waals surface area (Å²) in [5.41, 5.74) is 0.640. The molecular weight excluding hydrogens is 590 g/mol. The Morgan fingerprint density at radius 3 is 2.43 bits per heavy atom. The molecule has 9 heteroatoms. The molecule has 250 valence electrons. The SMILES string of the molecule is C#C[C@]1(O)CC[C@H]2[C@@H]3CCC4C[C@H](O)[C@@H](N5CCN(C(=O)[C@@H]6CCN6C(=O)c6cnc7ccccc7n6)CC5)C[C@]4(C)[C@H]3CC[C@@]21C. The number of hydrogen-bond acceptors (Lipinski definition) is 7. The number of terminal acetylenes is 1. The van der Waals surface area contributed by atoms with Gasteiger partial charge in [0, 0.05) is 44.2 Å². The largest absolute Gasteiger partial charge is 0.391 e. The lowest BCUT2D eigenvalue weighted by atomic mass is 9.44. The lowest BCUT2D eigenvalue weighted by Crippen LogP contribution is -2.64. The molecule has 1 unspecified atom stereocenters. The molecular formula is C38H49N5O4. The van der Waals surface area contributed by atoms with Crippen molar-refractivity contribution < 1.29 is 19.8 Å². The summed E-state index contributed by atoms with van der Waals surface area (Å²) in [5.74, 6) is 4.73. The van der Waals surface area contributed by atoms with Crippen LogP contribution in [0.2, 0.25) is 0 Å². The molecule has 1 aromatic carbocycles. The molecule has 2 amide bonds. The zero-order valence-electron chi connectivity index (χ0n) is 27.9. The first-order chi connectivity index (χ1) is 22.6. The standard InChI is InChI=1S/C38H49N5O4/c1-4-38(47)15-12-27-25-10-9-24-21-33(44)32(22-36(24,2)26(25)11-14-37(27,38)3)41-17-19-42(20-18-41)35(46)31-13-16-43(31)34(45)30-23-39-28-7-5-6-8-29(28)40-30/h1,5-8,23-27,31-33,44,47H,9-22H2,2-3H3/t24?,25-,26+,27+,31+,32+,33+,36+,37+,38+/m1/s1. The van der Waals surface area contributed by atoms with Gasteiger partial charge >= 0.3 is 0 Å².